The molecule has 2 N–H and O–H groups in total. The molecule has 1 heterocycles. The molecule has 1 amide bonds. The van der Waals surface area contributed by atoms with Crippen LogP contribution >= 0.6 is 0 Å². The first-order valence-corrected chi connectivity index (χ1v) is 7.52. The van der Waals surface area contributed by atoms with Gasteiger partial charge in [-0.2, -0.15) is 5.26 Å². The van der Waals surface area contributed by atoms with Crippen LogP contribution in [0.5, 0.6) is 0 Å². The number of amides is 1. The van der Waals surface area contributed by atoms with Crippen molar-refractivity contribution in [2.45, 2.75) is 51.6 Å². The van der Waals surface area contributed by atoms with Crippen LogP contribution in [0, 0.1) is 17.2 Å². The van der Waals surface area contributed by atoms with E-state index in [1.165, 1.54) is 0 Å². The van der Waals surface area contributed by atoms with E-state index in [1.807, 2.05) is 20.9 Å². The first kappa shape index (κ1) is 16.9. The Morgan fingerprint density at radius 1 is 1.50 bits per heavy atom. The minimum Gasteiger partial charge on any atom is -0.337 e. The average molecular weight is 280 g/mol. The fraction of sp³-hybridized carbons (Fsp3) is 0.867. The molecule has 1 aliphatic rings. The van der Waals surface area contributed by atoms with Gasteiger partial charge in [0.25, 0.3) is 0 Å². The van der Waals surface area contributed by atoms with Crippen molar-refractivity contribution < 1.29 is 4.79 Å². The van der Waals surface area contributed by atoms with Gasteiger partial charge in [-0.25, -0.2) is 0 Å². The molecule has 2 atom stereocenters. The van der Waals surface area contributed by atoms with Crippen LogP contribution in [0.3, 0.4) is 0 Å². The topological polar surface area (TPSA) is 68.2 Å². The zero-order valence-electron chi connectivity index (χ0n) is 13.2. The summed E-state index contributed by atoms with van der Waals surface area (Å²) in [4.78, 5) is 14.3. The Morgan fingerprint density at radius 2 is 2.20 bits per heavy atom. The van der Waals surface area contributed by atoms with E-state index in [1.54, 1.807) is 6.92 Å². The summed E-state index contributed by atoms with van der Waals surface area (Å²) in [6, 6.07) is 2.66. The SMILES string of the molecule is CC(C)C(C)(C#N)NC(=O)CN(C)C1CCCNCC1. The molecule has 0 aromatic rings. The van der Waals surface area contributed by atoms with Crippen LogP contribution in [0.25, 0.3) is 0 Å². The molecule has 114 valence electrons. The van der Waals surface area contributed by atoms with Gasteiger partial charge < -0.3 is 10.6 Å². The molecule has 20 heavy (non-hydrogen) atoms. The highest BCUT2D eigenvalue weighted by Crippen LogP contribution is 2.16. The summed E-state index contributed by atoms with van der Waals surface area (Å²) in [6.07, 6.45) is 3.35. The molecule has 0 aromatic carbocycles. The standard InChI is InChI=1S/C15H28N4O/c1-12(2)15(3,11-16)18-14(20)10-19(4)13-6-5-8-17-9-7-13/h12-13,17H,5-10H2,1-4H3,(H,18,20). The second-order valence-electron chi connectivity index (χ2n) is 6.27. The first-order chi connectivity index (χ1) is 9.39. The Kier molecular flexibility index (Phi) is 6.44. The van der Waals surface area contributed by atoms with Gasteiger partial charge >= 0.3 is 0 Å². The Bertz CT molecular complexity index is 355. The molecule has 2 unspecified atom stereocenters. The molecular weight excluding hydrogens is 252 g/mol. The molecule has 1 fully saturated rings. The third-order valence-electron chi connectivity index (χ3n) is 4.35. The van der Waals surface area contributed by atoms with Gasteiger partial charge in [0.2, 0.25) is 5.91 Å². The second-order valence-corrected chi connectivity index (χ2v) is 6.27. The zero-order valence-corrected chi connectivity index (χ0v) is 13.2. The Hall–Kier alpha value is -1.12. The van der Waals surface area contributed by atoms with E-state index in [0.717, 1.165) is 32.4 Å². The van der Waals surface area contributed by atoms with Crippen LogP contribution in [0.4, 0.5) is 0 Å². The van der Waals surface area contributed by atoms with E-state index in [-0.39, 0.29) is 11.8 Å². The smallest absolute Gasteiger partial charge is 0.235 e. The van der Waals surface area contributed by atoms with Crippen molar-refractivity contribution in [3.8, 4) is 6.07 Å². The van der Waals surface area contributed by atoms with E-state index in [9.17, 15) is 10.1 Å². The predicted octanol–water partition coefficient (Wildman–Crippen LogP) is 1.11. The van der Waals surface area contributed by atoms with Gasteiger partial charge in [-0.15, -0.1) is 0 Å². The maximum atomic E-state index is 12.1. The predicted molar refractivity (Wildman–Crippen MR) is 80.1 cm³/mol. The number of hydrogen-bond acceptors (Lipinski definition) is 4. The molecule has 0 aromatic heterocycles. The van der Waals surface area contributed by atoms with E-state index in [0.29, 0.717) is 12.6 Å². The van der Waals surface area contributed by atoms with Crippen molar-refractivity contribution >= 4 is 5.91 Å². The highest BCUT2D eigenvalue weighted by Gasteiger charge is 2.30. The summed E-state index contributed by atoms with van der Waals surface area (Å²) >= 11 is 0. The Labute approximate surface area is 122 Å². The van der Waals surface area contributed by atoms with Crippen LogP contribution in [0.2, 0.25) is 0 Å². The summed E-state index contributed by atoms with van der Waals surface area (Å²) in [5.74, 6) is 0.0197. The van der Waals surface area contributed by atoms with Crippen molar-refractivity contribution in [3.05, 3.63) is 0 Å². The monoisotopic (exact) mass is 280 g/mol. The van der Waals surface area contributed by atoms with E-state index < -0.39 is 5.54 Å². The van der Waals surface area contributed by atoms with E-state index >= 15 is 0 Å². The van der Waals surface area contributed by atoms with Crippen LogP contribution in [0.15, 0.2) is 0 Å². The van der Waals surface area contributed by atoms with Gasteiger partial charge in [0.05, 0.1) is 12.6 Å². The van der Waals surface area contributed by atoms with Crippen LogP contribution in [0.1, 0.15) is 40.0 Å². The minimum absolute atomic E-state index is 0.0672. The fourth-order valence-corrected chi connectivity index (χ4v) is 2.43. The Balaban J connectivity index is 2.50. The second kappa shape index (κ2) is 7.61. The third kappa shape index (κ3) is 4.77. The highest BCUT2D eigenvalue weighted by atomic mass is 16.2. The number of likely N-dealkylation sites (N-methyl/N-ethyl adjacent to an activating group) is 1. The normalized spacial score (nSPS) is 22.9. The van der Waals surface area contributed by atoms with Crippen molar-refractivity contribution in [2.75, 3.05) is 26.7 Å². The van der Waals surface area contributed by atoms with Crippen LogP contribution in [-0.4, -0.2) is 49.1 Å². The summed E-state index contributed by atoms with van der Waals surface area (Å²) in [6.45, 7) is 8.11. The molecule has 0 bridgehead atoms. The molecule has 0 radical (unpaired) electrons. The average Bonchev–Trinajstić information content (AvgIpc) is 2.66. The first-order valence-electron chi connectivity index (χ1n) is 7.52. The number of nitrogens with one attached hydrogen (secondary N) is 2. The van der Waals surface area contributed by atoms with Gasteiger partial charge in [0.1, 0.15) is 5.54 Å². The van der Waals surface area contributed by atoms with Gasteiger partial charge in [-0.05, 0) is 52.2 Å². The molecule has 5 nitrogen and oxygen atoms in total. The fourth-order valence-electron chi connectivity index (χ4n) is 2.43. The Morgan fingerprint density at radius 3 is 2.80 bits per heavy atom. The largest absolute Gasteiger partial charge is 0.337 e. The van der Waals surface area contributed by atoms with Crippen molar-refractivity contribution in [2.24, 2.45) is 5.92 Å². The number of hydrogen-bond donors (Lipinski definition) is 2. The lowest BCUT2D eigenvalue weighted by Crippen LogP contribution is -2.52. The van der Waals surface area contributed by atoms with Gasteiger partial charge in [-0.1, -0.05) is 13.8 Å². The lowest BCUT2D eigenvalue weighted by molar-refractivity contribution is -0.124. The molecule has 0 spiro atoms. The maximum absolute atomic E-state index is 12.1. The molecule has 0 aliphatic carbocycles. The summed E-state index contributed by atoms with van der Waals surface area (Å²) in [5, 5.41) is 15.5. The molecule has 0 saturated carbocycles. The summed E-state index contributed by atoms with van der Waals surface area (Å²) in [7, 11) is 1.99. The number of nitriles is 1. The van der Waals surface area contributed by atoms with Crippen LogP contribution < -0.4 is 10.6 Å². The van der Waals surface area contributed by atoms with E-state index in [4.69, 9.17) is 0 Å². The van der Waals surface area contributed by atoms with Crippen molar-refractivity contribution in [1.82, 2.24) is 15.5 Å². The number of carbonyl (C=O) groups is 1. The quantitative estimate of drug-likeness (QED) is 0.792. The summed E-state index contributed by atoms with van der Waals surface area (Å²) < 4.78 is 0. The number of nitrogens with zero attached hydrogens (tertiary/aromatic N) is 2. The lowest BCUT2D eigenvalue weighted by Gasteiger charge is -2.30. The van der Waals surface area contributed by atoms with Crippen LogP contribution in [-0.2, 0) is 4.79 Å². The molecular formula is C15H28N4O. The lowest BCUT2D eigenvalue weighted by atomic mass is 9.90. The molecule has 1 saturated heterocycles. The van der Waals surface area contributed by atoms with E-state index in [2.05, 4.69) is 21.6 Å². The minimum atomic E-state index is -0.789. The van der Waals surface area contributed by atoms with Crippen molar-refractivity contribution in [1.29, 1.82) is 5.26 Å². The third-order valence-corrected chi connectivity index (χ3v) is 4.35. The van der Waals surface area contributed by atoms with Gasteiger partial charge in [0, 0.05) is 6.04 Å². The van der Waals surface area contributed by atoms with Crippen molar-refractivity contribution in [3.63, 3.8) is 0 Å². The van der Waals surface area contributed by atoms with Gasteiger partial charge in [-0.3, -0.25) is 9.69 Å². The molecule has 5 heteroatoms. The molecule has 1 aliphatic heterocycles. The summed E-state index contributed by atoms with van der Waals surface area (Å²) in [5.41, 5.74) is -0.789. The zero-order chi connectivity index (χ0) is 15.2. The molecule has 1 rings (SSSR count). The highest BCUT2D eigenvalue weighted by molar-refractivity contribution is 5.79. The number of carbonyl (C=O) groups excluding carboxylic acids is 1. The number of rotatable bonds is 5. The van der Waals surface area contributed by atoms with Gasteiger partial charge in [0.15, 0.2) is 0 Å². The maximum Gasteiger partial charge on any atom is 0.235 e.